The van der Waals surface area contributed by atoms with E-state index in [-0.39, 0.29) is 17.2 Å². The van der Waals surface area contributed by atoms with Gasteiger partial charge in [0.05, 0.1) is 6.10 Å². The second-order valence-electron chi connectivity index (χ2n) is 7.23. The molecule has 1 aromatic carbocycles. The van der Waals surface area contributed by atoms with E-state index in [1.54, 1.807) is 24.3 Å². The maximum Gasteiger partial charge on any atom is 0.345 e. The summed E-state index contributed by atoms with van der Waals surface area (Å²) in [4.78, 5) is 12.9. The SMILES string of the molecule is O=C(O)c1ccc(CCC[C@@H]2[C@@H](C[S+]([O-])c3cc(Cl)cc(Cl)c3)[C@H](O)C[C@H]2Cl)s1. The van der Waals surface area contributed by atoms with Gasteiger partial charge in [-0.25, -0.2) is 4.79 Å². The first kappa shape index (κ1) is 23.2. The molecule has 2 N–H and O–H groups in total. The molecular formula is C20H21Cl3O4S2. The summed E-state index contributed by atoms with van der Waals surface area (Å²) in [5.41, 5.74) is 0. The molecule has 2 aromatic rings. The maximum absolute atomic E-state index is 12.9. The monoisotopic (exact) mass is 494 g/mol. The number of carboxylic acid groups (broad SMARTS) is 1. The Morgan fingerprint density at radius 2 is 1.90 bits per heavy atom. The Balaban J connectivity index is 1.61. The third-order valence-electron chi connectivity index (χ3n) is 5.25. The van der Waals surface area contributed by atoms with Gasteiger partial charge >= 0.3 is 5.97 Å². The highest BCUT2D eigenvalue weighted by atomic mass is 35.5. The molecular weight excluding hydrogens is 475 g/mol. The number of aliphatic hydroxyl groups is 1. The second kappa shape index (κ2) is 10.2. The summed E-state index contributed by atoms with van der Waals surface area (Å²) >= 11 is 18.5. The van der Waals surface area contributed by atoms with Crippen LogP contribution in [0, 0.1) is 11.8 Å². The van der Waals surface area contributed by atoms with Crippen LogP contribution in [0.15, 0.2) is 35.2 Å². The summed E-state index contributed by atoms with van der Waals surface area (Å²) in [6.45, 7) is 0. The quantitative estimate of drug-likeness (QED) is 0.375. The first-order chi connectivity index (χ1) is 13.7. The number of aliphatic hydroxyl groups excluding tert-OH is 1. The molecule has 1 unspecified atom stereocenters. The van der Waals surface area contributed by atoms with E-state index in [1.165, 1.54) is 11.3 Å². The van der Waals surface area contributed by atoms with E-state index in [4.69, 9.17) is 39.9 Å². The normalized spacial score (nSPS) is 25.3. The Bertz CT molecular complexity index is 840. The zero-order chi connectivity index (χ0) is 21.1. The van der Waals surface area contributed by atoms with Gasteiger partial charge in [0.2, 0.25) is 0 Å². The van der Waals surface area contributed by atoms with Crippen LogP contribution in [0.4, 0.5) is 0 Å². The average molecular weight is 496 g/mol. The van der Waals surface area contributed by atoms with Crippen LogP contribution < -0.4 is 0 Å². The molecule has 0 bridgehead atoms. The van der Waals surface area contributed by atoms with Gasteiger partial charge in [0.1, 0.15) is 10.6 Å². The number of rotatable bonds is 8. The molecule has 0 amide bonds. The zero-order valence-corrected chi connectivity index (χ0v) is 19.3. The number of halogens is 3. The summed E-state index contributed by atoms with van der Waals surface area (Å²) in [7, 11) is 0. The molecule has 1 fully saturated rings. The fraction of sp³-hybridized carbons (Fsp3) is 0.450. The number of alkyl halides is 1. The lowest BCUT2D eigenvalue weighted by Gasteiger charge is -2.24. The molecule has 0 radical (unpaired) electrons. The van der Waals surface area contributed by atoms with E-state index in [2.05, 4.69) is 0 Å². The van der Waals surface area contributed by atoms with Crippen LogP contribution in [0.2, 0.25) is 10.0 Å². The number of hydrogen-bond acceptors (Lipinski definition) is 4. The van der Waals surface area contributed by atoms with Gasteiger partial charge in [-0.2, -0.15) is 0 Å². The maximum atomic E-state index is 12.9. The summed E-state index contributed by atoms with van der Waals surface area (Å²) in [5, 5.41) is 20.2. The fourth-order valence-electron chi connectivity index (χ4n) is 3.83. The molecule has 1 heterocycles. The molecule has 1 aliphatic carbocycles. The van der Waals surface area contributed by atoms with Gasteiger partial charge in [-0.05, 0) is 61.0 Å². The van der Waals surface area contributed by atoms with Crippen molar-refractivity contribution in [2.75, 3.05) is 5.75 Å². The molecule has 0 aliphatic heterocycles. The smallest absolute Gasteiger partial charge is 0.345 e. The Kier molecular flexibility index (Phi) is 8.18. The average Bonchev–Trinajstić information content (AvgIpc) is 3.21. The van der Waals surface area contributed by atoms with Gasteiger partial charge in [0.25, 0.3) is 0 Å². The molecule has 158 valence electrons. The number of thiophene rings is 1. The number of hydrogen-bond donors (Lipinski definition) is 2. The molecule has 29 heavy (non-hydrogen) atoms. The lowest BCUT2D eigenvalue weighted by Crippen LogP contribution is -2.29. The van der Waals surface area contributed by atoms with Crippen molar-refractivity contribution in [2.45, 2.75) is 42.1 Å². The number of benzene rings is 1. The minimum atomic E-state index is -1.34. The minimum Gasteiger partial charge on any atom is -0.611 e. The zero-order valence-electron chi connectivity index (χ0n) is 15.4. The highest BCUT2D eigenvalue weighted by Crippen LogP contribution is 2.41. The first-order valence-corrected chi connectivity index (χ1v) is 12.6. The van der Waals surface area contributed by atoms with Crippen LogP contribution in [0.5, 0.6) is 0 Å². The van der Waals surface area contributed by atoms with Gasteiger partial charge in [-0.1, -0.05) is 23.2 Å². The van der Waals surface area contributed by atoms with Gasteiger partial charge in [-0.15, -0.1) is 22.9 Å². The van der Waals surface area contributed by atoms with Crippen LogP contribution in [-0.4, -0.2) is 38.0 Å². The largest absolute Gasteiger partial charge is 0.611 e. The number of aromatic carboxylic acids is 1. The molecule has 0 spiro atoms. The third-order valence-corrected chi connectivity index (χ3v) is 8.77. The molecule has 1 aliphatic rings. The Labute approximate surface area is 192 Å². The molecule has 1 aromatic heterocycles. The molecule has 9 heteroatoms. The first-order valence-electron chi connectivity index (χ1n) is 9.23. The molecule has 1 saturated carbocycles. The number of carbonyl (C=O) groups is 1. The number of aryl methyl sites for hydroxylation is 1. The lowest BCUT2D eigenvalue weighted by atomic mass is 9.91. The van der Waals surface area contributed by atoms with E-state index in [0.717, 1.165) is 24.1 Å². The van der Waals surface area contributed by atoms with E-state index in [9.17, 15) is 14.5 Å². The Morgan fingerprint density at radius 3 is 2.52 bits per heavy atom. The van der Waals surface area contributed by atoms with E-state index in [0.29, 0.717) is 32.0 Å². The van der Waals surface area contributed by atoms with Crippen LogP contribution in [0.25, 0.3) is 0 Å². The minimum absolute atomic E-state index is 0.0455. The van der Waals surface area contributed by atoms with E-state index < -0.39 is 23.2 Å². The summed E-state index contributed by atoms with van der Waals surface area (Å²) < 4.78 is 12.9. The fourth-order valence-corrected chi connectivity index (χ4v) is 7.40. The molecule has 3 rings (SSSR count). The summed E-state index contributed by atoms with van der Waals surface area (Å²) in [6.07, 6.45) is 2.25. The predicted molar refractivity (Wildman–Crippen MR) is 119 cm³/mol. The topological polar surface area (TPSA) is 80.6 Å². The van der Waals surface area contributed by atoms with Gasteiger partial charge in [0.15, 0.2) is 4.90 Å². The van der Waals surface area contributed by atoms with Crippen molar-refractivity contribution in [2.24, 2.45) is 11.8 Å². The van der Waals surface area contributed by atoms with Crippen molar-refractivity contribution in [3.05, 3.63) is 50.1 Å². The van der Waals surface area contributed by atoms with Crippen molar-refractivity contribution in [1.82, 2.24) is 0 Å². The number of carboxylic acids is 1. The van der Waals surface area contributed by atoms with E-state index >= 15 is 0 Å². The Hall–Kier alpha value is -0.470. The predicted octanol–water partition coefficient (Wildman–Crippen LogP) is 5.49. The van der Waals surface area contributed by atoms with Gasteiger partial charge < -0.3 is 14.8 Å². The summed E-state index contributed by atoms with van der Waals surface area (Å²) in [5.74, 6) is -0.740. The molecule has 0 saturated heterocycles. The van der Waals surface area contributed by atoms with Gasteiger partial charge in [-0.3, -0.25) is 0 Å². The third kappa shape index (κ3) is 6.03. The van der Waals surface area contributed by atoms with Crippen molar-refractivity contribution < 1.29 is 19.6 Å². The van der Waals surface area contributed by atoms with Gasteiger partial charge in [0, 0.05) is 38.4 Å². The van der Waals surface area contributed by atoms with Crippen LogP contribution in [0.1, 0.15) is 33.8 Å². The summed E-state index contributed by atoms with van der Waals surface area (Å²) in [6, 6.07) is 8.31. The molecule has 4 nitrogen and oxygen atoms in total. The molecule has 5 atom stereocenters. The van der Waals surface area contributed by atoms with E-state index in [1.807, 2.05) is 6.07 Å². The van der Waals surface area contributed by atoms with Crippen LogP contribution >= 0.6 is 46.1 Å². The van der Waals surface area contributed by atoms with Crippen LogP contribution in [-0.2, 0) is 17.6 Å². The van der Waals surface area contributed by atoms with Crippen molar-refractivity contribution in [1.29, 1.82) is 0 Å². The highest BCUT2D eigenvalue weighted by molar-refractivity contribution is 7.91. The Morgan fingerprint density at radius 1 is 1.21 bits per heavy atom. The second-order valence-corrected chi connectivity index (χ2v) is 11.3. The standard InChI is InChI=1S/C20H21Cl3O4S2/c21-11-6-12(22)8-14(7-11)29(27)10-16-15(17(23)9-18(16)24)3-1-2-13-4-5-19(28-13)20(25)26/h4-8,15-18,24H,1-3,9-10H2,(H,25,26)/t15-,16-,17-,18-,29?/m1/s1. The van der Waals surface area contributed by atoms with Crippen molar-refractivity contribution in [3.8, 4) is 0 Å². The highest BCUT2D eigenvalue weighted by Gasteiger charge is 2.43. The van der Waals surface area contributed by atoms with Crippen molar-refractivity contribution >= 4 is 63.3 Å². The lowest BCUT2D eigenvalue weighted by molar-refractivity contribution is 0.0702. The van der Waals surface area contributed by atoms with Crippen molar-refractivity contribution in [3.63, 3.8) is 0 Å². The van der Waals surface area contributed by atoms with Crippen LogP contribution in [0.3, 0.4) is 0 Å².